The van der Waals surface area contributed by atoms with E-state index in [1.54, 1.807) is 7.11 Å². The first kappa shape index (κ1) is 7.85. The minimum Gasteiger partial charge on any atom is -0.497 e. The van der Waals surface area contributed by atoms with Gasteiger partial charge in [-0.15, -0.1) is 0 Å². The van der Waals surface area contributed by atoms with Crippen LogP contribution >= 0.6 is 0 Å². The molecule has 1 spiro atoms. The van der Waals surface area contributed by atoms with Crippen molar-refractivity contribution in [2.24, 2.45) is 0 Å². The Labute approximate surface area is 82.1 Å². The first-order valence-electron chi connectivity index (χ1n) is 4.76. The maximum Gasteiger partial charge on any atom is 0.190 e. The smallest absolute Gasteiger partial charge is 0.190 e. The molecule has 0 aromatic heterocycles. The molecule has 0 atom stereocenters. The van der Waals surface area contributed by atoms with E-state index in [0.717, 1.165) is 29.8 Å². The molecule has 1 N–H and O–H groups in total. The summed E-state index contributed by atoms with van der Waals surface area (Å²) in [5.41, 5.74) is 1.49. The monoisotopic (exact) mass is 189 g/mol. The minimum atomic E-state index is -0.241. The summed E-state index contributed by atoms with van der Waals surface area (Å²) in [7, 11) is 1.61. The van der Waals surface area contributed by atoms with E-state index < -0.39 is 0 Å². The zero-order valence-corrected chi connectivity index (χ0v) is 7.96. The Balaban J connectivity index is 2.10. The second kappa shape index (κ2) is 2.29. The number of fused-ring (bicyclic) bond motifs is 1. The van der Waals surface area contributed by atoms with Crippen molar-refractivity contribution in [1.82, 2.24) is 0 Å². The number of benzene rings is 1. The van der Waals surface area contributed by atoms with E-state index in [4.69, 9.17) is 4.74 Å². The molecule has 0 bridgehead atoms. The van der Waals surface area contributed by atoms with Crippen molar-refractivity contribution < 1.29 is 9.53 Å². The van der Waals surface area contributed by atoms with Crippen molar-refractivity contribution in [3.05, 3.63) is 23.8 Å². The Bertz CT molecular complexity index is 421. The van der Waals surface area contributed by atoms with E-state index in [1.807, 2.05) is 18.2 Å². The topological polar surface area (TPSA) is 38.3 Å². The number of Topliss-reactive ketones (excluding diaryl/α,β-unsaturated/α-hetero) is 1. The Morgan fingerprint density at radius 3 is 2.86 bits per heavy atom. The quantitative estimate of drug-likeness (QED) is 0.732. The fourth-order valence-electron chi connectivity index (χ4n) is 2.00. The average molecular weight is 189 g/mol. The molecule has 1 aromatic carbocycles. The molecule has 3 rings (SSSR count). The molecular weight excluding hydrogens is 178 g/mol. The number of hydrogen-bond donors (Lipinski definition) is 1. The number of ketones is 1. The number of nitrogens with one attached hydrogen (secondary N) is 1. The standard InChI is InChI=1S/C11H11NO2/c1-14-7-2-3-9-8(6-7)10(13)11(12-9)4-5-11/h2-3,6,12H,4-5H2,1H3. The minimum absolute atomic E-state index is 0.228. The van der Waals surface area contributed by atoms with Gasteiger partial charge in [0.05, 0.1) is 7.11 Å². The van der Waals surface area contributed by atoms with Gasteiger partial charge in [0.2, 0.25) is 0 Å². The molecule has 1 aliphatic heterocycles. The summed E-state index contributed by atoms with van der Waals surface area (Å²) in [6.45, 7) is 0. The molecule has 1 saturated carbocycles. The van der Waals surface area contributed by atoms with Gasteiger partial charge in [-0.3, -0.25) is 4.79 Å². The molecular formula is C11H11NO2. The van der Waals surface area contributed by atoms with Crippen LogP contribution in [0.15, 0.2) is 18.2 Å². The van der Waals surface area contributed by atoms with Crippen LogP contribution in [0.2, 0.25) is 0 Å². The SMILES string of the molecule is COc1ccc2c(c1)C(=O)C1(CC1)N2. The first-order valence-corrected chi connectivity index (χ1v) is 4.76. The lowest BCUT2D eigenvalue weighted by Crippen LogP contribution is -2.23. The van der Waals surface area contributed by atoms with Crippen LogP contribution in [0.1, 0.15) is 23.2 Å². The van der Waals surface area contributed by atoms with Crippen LogP contribution in [-0.4, -0.2) is 18.4 Å². The number of ether oxygens (including phenoxy) is 1. The van der Waals surface area contributed by atoms with Gasteiger partial charge >= 0.3 is 0 Å². The summed E-state index contributed by atoms with van der Waals surface area (Å²) in [4.78, 5) is 11.9. The molecule has 14 heavy (non-hydrogen) atoms. The van der Waals surface area contributed by atoms with E-state index in [2.05, 4.69) is 5.32 Å². The van der Waals surface area contributed by atoms with Crippen molar-refractivity contribution in [2.45, 2.75) is 18.4 Å². The van der Waals surface area contributed by atoms with E-state index in [1.165, 1.54) is 0 Å². The molecule has 1 aliphatic carbocycles. The molecule has 1 aromatic rings. The number of hydrogen-bond acceptors (Lipinski definition) is 3. The zero-order valence-electron chi connectivity index (χ0n) is 7.96. The lowest BCUT2D eigenvalue weighted by atomic mass is 10.1. The van der Waals surface area contributed by atoms with Gasteiger partial charge in [-0.05, 0) is 31.0 Å². The van der Waals surface area contributed by atoms with E-state index >= 15 is 0 Å². The highest BCUT2D eigenvalue weighted by Crippen LogP contribution is 2.48. The highest BCUT2D eigenvalue weighted by Gasteiger charge is 2.54. The third-order valence-electron chi connectivity index (χ3n) is 3.03. The third-order valence-corrected chi connectivity index (χ3v) is 3.03. The van der Waals surface area contributed by atoms with Gasteiger partial charge in [0, 0.05) is 11.3 Å². The molecule has 0 unspecified atom stereocenters. The van der Waals surface area contributed by atoms with Crippen molar-refractivity contribution in [3.63, 3.8) is 0 Å². The predicted molar refractivity (Wildman–Crippen MR) is 52.9 cm³/mol. The number of anilines is 1. The van der Waals surface area contributed by atoms with Crippen LogP contribution in [0, 0.1) is 0 Å². The normalized spacial score (nSPS) is 20.5. The van der Waals surface area contributed by atoms with Crippen molar-refractivity contribution in [2.75, 3.05) is 12.4 Å². The highest BCUT2D eigenvalue weighted by atomic mass is 16.5. The van der Waals surface area contributed by atoms with Crippen molar-refractivity contribution in [3.8, 4) is 5.75 Å². The van der Waals surface area contributed by atoms with Gasteiger partial charge < -0.3 is 10.1 Å². The van der Waals surface area contributed by atoms with Crippen LogP contribution < -0.4 is 10.1 Å². The molecule has 3 nitrogen and oxygen atoms in total. The van der Waals surface area contributed by atoms with Crippen molar-refractivity contribution in [1.29, 1.82) is 0 Å². The molecule has 0 radical (unpaired) electrons. The summed E-state index contributed by atoms with van der Waals surface area (Å²) in [6, 6.07) is 5.61. The summed E-state index contributed by atoms with van der Waals surface area (Å²) in [5, 5.41) is 3.28. The van der Waals surface area contributed by atoms with Gasteiger partial charge in [-0.25, -0.2) is 0 Å². The van der Waals surface area contributed by atoms with Gasteiger partial charge in [-0.2, -0.15) is 0 Å². The molecule has 2 aliphatic rings. The number of carbonyl (C=O) groups excluding carboxylic acids is 1. The van der Waals surface area contributed by atoms with E-state index in [-0.39, 0.29) is 11.3 Å². The van der Waals surface area contributed by atoms with E-state index in [9.17, 15) is 4.79 Å². The Kier molecular flexibility index (Phi) is 1.29. The lowest BCUT2D eigenvalue weighted by Gasteiger charge is -2.03. The van der Waals surface area contributed by atoms with Crippen LogP contribution in [0.5, 0.6) is 5.75 Å². The fraction of sp³-hybridized carbons (Fsp3) is 0.364. The highest BCUT2D eigenvalue weighted by molar-refractivity contribution is 6.15. The Morgan fingerprint density at radius 1 is 1.43 bits per heavy atom. The number of rotatable bonds is 1. The largest absolute Gasteiger partial charge is 0.497 e. The summed E-state index contributed by atoms with van der Waals surface area (Å²) in [5.74, 6) is 0.975. The average Bonchev–Trinajstić information content (AvgIpc) is 2.92. The van der Waals surface area contributed by atoms with Crippen LogP contribution in [0.3, 0.4) is 0 Å². The summed E-state index contributed by atoms with van der Waals surface area (Å²) in [6.07, 6.45) is 1.92. The Morgan fingerprint density at radius 2 is 2.21 bits per heavy atom. The first-order chi connectivity index (χ1) is 6.75. The van der Waals surface area contributed by atoms with Crippen LogP contribution in [0.25, 0.3) is 0 Å². The predicted octanol–water partition coefficient (Wildman–Crippen LogP) is 1.84. The Hall–Kier alpha value is -1.51. The molecule has 0 amide bonds. The number of methoxy groups -OCH3 is 1. The van der Waals surface area contributed by atoms with Gasteiger partial charge in [0.15, 0.2) is 5.78 Å². The molecule has 0 saturated heterocycles. The summed E-state index contributed by atoms with van der Waals surface area (Å²) < 4.78 is 5.10. The lowest BCUT2D eigenvalue weighted by molar-refractivity contribution is 0.0969. The van der Waals surface area contributed by atoms with E-state index in [0.29, 0.717) is 0 Å². The zero-order chi connectivity index (χ0) is 9.76. The molecule has 1 fully saturated rings. The van der Waals surface area contributed by atoms with Gasteiger partial charge in [0.1, 0.15) is 11.3 Å². The molecule has 1 heterocycles. The maximum absolute atomic E-state index is 11.9. The van der Waals surface area contributed by atoms with Crippen molar-refractivity contribution >= 4 is 11.5 Å². The molecule has 72 valence electrons. The second-order valence-electron chi connectivity index (χ2n) is 3.95. The summed E-state index contributed by atoms with van der Waals surface area (Å²) >= 11 is 0. The van der Waals surface area contributed by atoms with Gasteiger partial charge in [0.25, 0.3) is 0 Å². The maximum atomic E-state index is 11.9. The van der Waals surface area contributed by atoms with Gasteiger partial charge in [-0.1, -0.05) is 0 Å². The van der Waals surface area contributed by atoms with Crippen LogP contribution in [-0.2, 0) is 0 Å². The third kappa shape index (κ3) is 0.842. The van der Waals surface area contributed by atoms with Crippen LogP contribution in [0.4, 0.5) is 5.69 Å². The molecule has 3 heteroatoms. The second-order valence-corrected chi connectivity index (χ2v) is 3.95. The fourth-order valence-corrected chi connectivity index (χ4v) is 2.00. The number of carbonyl (C=O) groups is 1.